The molecule has 0 N–H and O–H groups in total. The van der Waals surface area contributed by atoms with Crippen molar-refractivity contribution in [2.75, 3.05) is 0 Å². The zero-order chi connectivity index (χ0) is 10.3. The average Bonchev–Trinajstić information content (AvgIpc) is 2.57. The first kappa shape index (κ1) is 9.46. The zero-order valence-electron chi connectivity index (χ0n) is 8.17. The van der Waals surface area contributed by atoms with Gasteiger partial charge in [-0.15, -0.1) is 0 Å². The van der Waals surface area contributed by atoms with Crippen LogP contribution in [0.25, 0.3) is 0 Å². The second-order valence-electron chi connectivity index (χ2n) is 3.57. The second kappa shape index (κ2) is 3.24. The van der Waals surface area contributed by atoms with Crippen LogP contribution in [0.2, 0.25) is 5.02 Å². The third-order valence-electron chi connectivity index (χ3n) is 2.61. The van der Waals surface area contributed by atoms with Gasteiger partial charge in [-0.2, -0.15) is 0 Å². The molecule has 14 heavy (non-hydrogen) atoms. The summed E-state index contributed by atoms with van der Waals surface area (Å²) in [5.74, 6) is 0. The highest BCUT2D eigenvalue weighted by Crippen LogP contribution is 2.29. The molecular weight excluding hydrogens is 200 g/mol. The molecule has 1 aliphatic rings. The third kappa shape index (κ3) is 1.28. The Morgan fingerprint density at radius 3 is 2.79 bits per heavy atom. The summed E-state index contributed by atoms with van der Waals surface area (Å²) in [5.41, 5.74) is 3.98. The van der Waals surface area contributed by atoms with Gasteiger partial charge in [0.1, 0.15) is 0 Å². The van der Waals surface area contributed by atoms with Crippen LogP contribution in [0.1, 0.15) is 22.5 Å². The van der Waals surface area contributed by atoms with Gasteiger partial charge in [-0.05, 0) is 25.0 Å². The summed E-state index contributed by atoms with van der Waals surface area (Å²) in [6.45, 7) is 5.11. The molecule has 0 unspecified atom stereocenters. The van der Waals surface area contributed by atoms with Gasteiger partial charge in [-0.3, -0.25) is 9.78 Å². The molecule has 0 saturated carbocycles. The van der Waals surface area contributed by atoms with Gasteiger partial charge < -0.3 is 4.90 Å². The lowest BCUT2D eigenvalue weighted by atomic mass is 10.1. The number of hydrogen-bond donors (Lipinski definition) is 0. The van der Waals surface area contributed by atoms with Crippen LogP contribution in [0, 0.1) is 13.8 Å². The maximum atomic E-state index is 10.6. The monoisotopic (exact) mass is 210 g/mol. The summed E-state index contributed by atoms with van der Waals surface area (Å²) in [6.07, 6.45) is 0.852. The molecule has 2 rings (SSSR count). The van der Waals surface area contributed by atoms with E-state index in [4.69, 9.17) is 11.6 Å². The van der Waals surface area contributed by atoms with E-state index in [1.165, 1.54) is 0 Å². The smallest absolute Gasteiger partial charge is 0.210 e. The van der Waals surface area contributed by atoms with Gasteiger partial charge in [0.2, 0.25) is 6.41 Å². The molecular formula is C10H11ClN2O. The van der Waals surface area contributed by atoms with E-state index in [9.17, 15) is 4.79 Å². The van der Waals surface area contributed by atoms with Crippen molar-refractivity contribution in [2.24, 2.45) is 0 Å². The topological polar surface area (TPSA) is 33.2 Å². The number of nitrogens with zero attached hydrogens (tertiary/aromatic N) is 2. The Kier molecular flexibility index (Phi) is 2.19. The van der Waals surface area contributed by atoms with Crippen molar-refractivity contribution in [3.8, 4) is 0 Å². The molecule has 74 valence electrons. The van der Waals surface area contributed by atoms with E-state index in [1.54, 1.807) is 4.90 Å². The molecule has 1 aromatic heterocycles. The Morgan fingerprint density at radius 1 is 1.43 bits per heavy atom. The number of fused-ring (bicyclic) bond motifs is 1. The summed E-state index contributed by atoms with van der Waals surface area (Å²) in [6, 6.07) is 0. The Labute approximate surface area is 87.7 Å². The summed E-state index contributed by atoms with van der Waals surface area (Å²) in [7, 11) is 0. The lowest BCUT2D eigenvalue weighted by Crippen LogP contribution is -2.12. The van der Waals surface area contributed by atoms with Crippen molar-refractivity contribution in [3.63, 3.8) is 0 Å². The van der Waals surface area contributed by atoms with Crippen LogP contribution < -0.4 is 0 Å². The Hall–Kier alpha value is -1.09. The van der Waals surface area contributed by atoms with Gasteiger partial charge in [0.25, 0.3) is 0 Å². The minimum Gasteiger partial charge on any atom is -0.335 e. The van der Waals surface area contributed by atoms with Crippen LogP contribution >= 0.6 is 11.6 Å². The van der Waals surface area contributed by atoms with Gasteiger partial charge in [0, 0.05) is 6.54 Å². The van der Waals surface area contributed by atoms with Gasteiger partial charge in [0.05, 0.1) is 23.0 Å². The molecule has 1 amide bonds. The number of amides is 1. The second-order valence-corrected chi connectivity index (χ2v) is 3.95. The average molecular weight is 211 g/mol. The van der Waals surface area contributed by atoms with E-state index in [0.29, 0.717) is 13.1 Å². The van der Waals surface area contributed by atoms with Crippen LogP contribution in [0.4, 0.5) is 0 Å². The van der Waals surface area contributed by atoms with Crippen LogP contribution in [0.5, 0.6) is 0 Å². The van der Waals surface area contributed by atoms with Crippen molar-refractivity contribution in [1.29, 1.82) is 0 Å². The number of hydrogen-bond acceptors (Lipinski definition) is 2. The van der Waals surface area contributed by atoms with Crippen LogP contribution in [-0.4, -0.2) is 16.3 Å². The summed E-state index contributed by atoms with van der Waals surface area (Å²) in [5, 5.41) is 0.719. The van der Waals surface area contributed by atoms with Gasteiger partial charge in [0.15, 0.2) is 0 Å². The zero-order valence-corrected chi connectivity index (χ0v) is 8.93. The number of carbonyl (C=O) groups is 1. The van der Waals surface area contributed by atoms with Crippen LogP contribution in [0.15, 0.2) is 0 Å². The maximum Gasteiger partial charge on any atom is 0.210 e. The first-order valence-electron chi connectivity index (χ1n) is 4.47. The fraction of sp³-hybridized carbons (Fsp3) is 0.400. The lowest BCUT2D eigenvalue weighted by Gasteiger charge is -2.07. The molecule has 1 aliphatic heterocycles. The molecule has 0 aliphatic carbocycles. The lowest BCUT2D eigenvalue weighted by molar-refractivity contribution is -0.118. The predicted octanol–water partition coefficient (Wildman–Crippen LogP) is 1.82. The largest absolute Gasteiger partial charge is 0.335 e. The highest BCUT2D eigenvalue weighted by molar-refractivity contribution is 6.32. The van der Waals surface area contributed by atoms with E-state index in [1.807, 2.05) is 13.8 Å². The Balaban J connectivity index is 2.52. The van der Waals surface area contributed by atoms with Crippen molar-refractivity contribution >= 4 is 18.0 Å². The number of halogens is 1. The fourth-order valence-corrected chi connectivity index (χ4v) is 1.96. The molecule has 0 aromatic carbocycles. The molecule has 0 fully saturated rings. The van der Waals surface area contributed by atoms with Crippen molar-refractivity contribution in [2.45, 2.75) is 26.9 Å². The highest BCUT2D eigenvalue weighted by Gasteiger charge is 2.22. The van der Waals surface area contributed by atoms with Crippen molar-refractivity contribution in [3.05, 3.63) is 27.5 Å². The van der Waals surface area contributed by atoms with Gasteiger partial charge in [-0.1, -0.05) is 11.6 Å². The Morgan fingerprint density at radius 2 is 2.14 bits per heavy atom. The highest BCUT2D eigenvalue weighted by atomic mass is 35.5. The SMILES string of the molecule is Cc1nc2c(c(C)c1Cl)CN(C=O)C2. The predicted molar refractivity (Wildman–Crippen MR) is 54.0 cm³/mol. The third-order valence-corrected chi connectivity index (χ3v) is 3.17. The van der Waals surface area contributed by atoms with E-state index in [-0.39, 0.29) is 0 Å². The standard InChI is InChI=1S/C10H11ClN2O/c1-6-8-3-13(5-14)4-9(8)12-7(2)10(6)11/h5H,3-4H2,1-2H3. The van der Waals surface area contributed by atoms with Gasteiger partial charge in [-0.25, -0.2) is 0 Å². The normalized spacial score (nSPS) is 14.4. The molecule has 0 saturated heterocycles. The van der Waals surface area contributed by atoms with Crippen molar-refractivity contribution in [1.82, 2.24) is 9.88 Å². The molecule has 0 spiro atoms. The van der Waals surface area contributed by atoms with Crippen molar-refractivity contribution < 1.29 is 4.79 Å². The molecule has 1 aromatic rings. The number of pyridine rings is 1. The molecule has 2 heterocycles. The fourth-order valence-electron chi connectivity index (χ4n) is 1.81. The first-order valence-corrected chi connectivity index (χ1v) is 4.85. The first-order chi connectivity index (χ1) is 6.63. The van der Waals surface area contributed by atoms with E-state index in [0.717, 1.165) is 33.9 Å². The van der Waals surface area contributed by atoms with E-state index in [2.05, 4.69) is 4.98 Å². The van der Waals surface area contributed by atoms with E-state index < -0.39 is 0 Å². The summed E-state index contributed by atoms with van der Waals surface area (Å²) in [4.78, 5) is 16.7. The van der Waals surface area contributed by atoms with Crippen LogP contribution in [-0.2, 0) is 17.9 Å². The summed E-state index contributed by atoms with van der Waals surface area (Å²) >= 11 is 6.08. The number of carbonyl (C=O) groups excluding carboxylic acids is 1. The van der Waals surface area contributed by atoms with Crippen LogP contribution in [0.3, 0.4) is 0 Å². The molecule has 0 bridgehead atoms. The number of rotatable bonds is 1. The molecule has 0 radical (unpaired) electrons. The quantitative estimate of drug-likeness (QED) is 0.663. The van der Waals surface area contributed by atoms with Gasteiger partial charge >= 0.3 is 0 Å². The minimum atomic E-state index is 0.609. The summed E-state index contributed by atoms with van der Waals surface area (Å²) < 4.78 is 0. The molecule has 0 atom stereocenters. The minimum absolute atomic E-state index is 0.609. The number of aromatic nitrogens is 1. The maximum absolute atomic E-state index is 10.6. The number of aryl methyl sites for hydroxylation is 1. The molecule has 3 nitrogen and oxygen atoms in total. The van der Waals surface area contributed by atoms with E-state index >= 15 is 0 Å². The Bertz CT molecular complexity index is 404. The molecule has 4 heteroatoms.